The number of aryl methyl sites for hydroxylation is 2. The fourth-order valence-electron chi connectivity index (χ4n) is 3.99. The molecule has 0 N–H and O–H groups in total. The summed E-state index contributed by atoms with van der Waals surface area (Å²) in [6, 6.07) is 8.21. The van der Waals surface area contributed by atoms with Gasteiger partial charge in [0.25, 0.3) is 0 Å². The Hall–Kier alpha value is -1.92. The molecule has 2 aliphatic rings. The zero-order valence-corrected chi connectivity index (χ0v) is 16.2. The minimum absolute atomic E-state index is 0.165. The summed E-state index contributed by atoms with van der Waals surface area (Å²) in [5.41, 5.74) is 3.74. The molecule has 26 heavy (non-hydrogen) atoms. The topological polar surface area (TPSA) is 46.1 Å². The second-order valence-electron chi connectivity index (χ2n) is 6.84. The van der Waals surface area contributed by atoms with Crippen molar-refractivity contribution in [1.82, 2.24) is 9.97 Å². The molecule has 3 aromatic rings. The van der Waals surface area contributed by atoms with Gasteiger partial charge in [0.2, 0.25) is 5.91 Å². The molecule has 1 aliphatic carbocycles. The van der Waals surface area contributed by atoms with Crippen LogP contribution in [0.5, 0.6) is 0 Å². The third kappa shape index (κ3) is 2.55. The van der Waals surface area contributed by atoms with Crippen molar-refractivity contribution in [2.75, 3.05) is 11.4 Å². The molecule has 0 radical (unpaired) electrons. The number of para-hydroxylation sites is 1. The summed E-state index contributed by atoms with van der Waals surface area (Å²) in [5, 5.41) is 1.98. The maximum atomic E-state index is 13.1. The summed E-state index contributed by atoms with van der Waals surface area (Å²) in [6.07, 6.45) is 6.06. The predicted molar refractivity (Wildman–Crippen MR) is 107 cm³/mol. The number of aromatic nitrogens is 2. The van der Waals surface area contributed by atoms with Crippen molar-refractivity contribution in [2.24, 2.45) is 0 Å². The summed E-state index contributed by atoms with van der Waals surface area (Å²) >= 11 is 3.37. The largest absolute Gasteiger partial charge is 0.311 e. The van der Waals surface area contributed by atoms with Crippen molar-refractivity contribution in [3.05, 3.63) is 46.6 Å². The molecule has 0 spiro atoms. The minimum Gasteiger partial charge on any atom is -0.311 e. The van der Waals surface area contributed by atoms with Crippen LogP contribution in [0.25, 0.3) is 10.2 Å². The van der Waals surface area contributed by atoms with E-state index < -0.39 is 0 Å². The Bertz CT molecular complexity index is 1010. The zero-order chi connectivity index (χ0) is 17.7. The average Bonchev–Trinajstić information content (AvgIpc) is 3.35. The molecule has 0 saturated heterocycles. The highest BCUT2D eigenvalue weighted by Crippen LogP contribution is 2.41. The van der Waals surface area contributed by atoms with E-state index in [0.29, 0.717) is 0 Å². The van der Waals surface area contributed by atoms with Crippen molar-refractivity contribution < 1.29 is 4.79 Å². The summed E-state index contributed by atoms with van der Waals surface area (Å²) in [5.74, 6) is 0.165. The first kappa shape index (κ1) is 16.3. The molecule has 1 atom stereocenters. The van der Waals surface area contributed by atoms with Gasteiger partial charge in [0.05, 0.1) is 5.25 Å². The SMILES string of the molecule is C[C@@H](Sc1ncnc2sc3c(c12)CCC3)C(=O)N1CCc2ccccc21. The Labute approximate surface area is 160 Å². The second kappa shape index (κ2) is 6.35. The van der Waals surface area contributed by atoms with Crippen LogP contribution >= 0.6 is 23.1 Å². The van der Waals surface area contributed by atoms with E-state index >= 15 is 0 Å². The first-order chi connectivity index (χ1) is 12.7. The van der Waals surface area contributed by atoms with Gasteiger partial charge in [0.15, 0.2) is 0 Å². The van der Waals surface area contributed by atoms with Gasteiger partial charge in [-0.1, -0.05) is 30.0 Å². The van der Waals surface area contributed by atoms with E-state index in [1.807, 2.05) is 30.0 Å². The summed E-state index contributed by atoms with van der Waals surface area (Å²) in [6.45, 7) is 2.77. The Kier molecular flexibility index (Phi) is 3.98. The number of thioether (sulfide) groups is 1. The van der Waals surface area contributed by atoms with E-state index in [2.05, 4.69) is 16.0 Å². The van der Waals surface area contributed by atoms with Gasteiger partial charge in [-0.25, -0.2) is 9.97 Å². The number of anilines is 1. The number of hydrogen-bond donors (Lipinski definition) is 0. The number of fused-ring (bicyclic) bond motifs is 4. The van der Waals surface area contributed by atoms with Crippen LogP contribution in [-0.2, 0) is 24.1 Å². The lowest BCUT2D eigenvalue weighted by Crippen LogP contribution is -2.35. The fraction of sp³-hybridized carbons (Fsp3) is 0.350. The Morgan fingerprint density at radius 1 is 1.23 bits per heavy atom. The van der Waals surface area contributed by atoms with Crippen LogP contribution in [0.4, 0.5) is 5.69 Å². The monoisotopic (exact) mass is 381 g/mol. The van der Waals surface area contributed by atoms with Crippen LogP contribution in [0.15, 0.2) is 35.6 Å². The summed E-state index contributed by atoms with van der Waals surface area (Å²) < 4.78 is 0. The maximum Gasteiger partial charge on any atom is 0.240 e. The fourth-order valence-corrected chi connectivity index (χ4v) is 6.30. The van der Waals surface area contributed by atoms with E-state index in [1.165, 1.54) is 27.8 Å². The van der Waals surface area contributed by atoms with Gasteiger partial charge in [0.1, 0.15) is 16.2 Å². The second-order valence-corrected chi connectivity index (χ2v) is 9.26. The van der Waals surface area contributed by atoms with Crippen molar-refractivity contribution in [3.63, 3.8) is 0 Å². The number of carbonyl (C=O) groups is 1. The van der Waals surface area contributed by atoms with Crippen molar-refractivity contribution >= 4 is 44.9 Å². The van der Waals surface area contributed by atoms with Gasteiger partial charge < -0.3 is 4.90 Å². The van der Waals surface area contributed by atoms with Gasteiger partial charge >= 0.3 is 0 Å². The van der Waals surface area contributed by atoms with Crippen LogP contribution in [0.3, 0.4) is 0 Å². The molecule has 2 aromatic heterocycles. The van der Waals surface area contributed by atoms with Crippen molar-refractivity contribution in [3.8, 4) is 0 Å². The summed E-state index contributed by atoms with van der Waals surface area (Å²) in [4.78, 5) is 26.5. The van der Waals surface area contributed by atoms with Crippen molar-refractivity contribution in [2.45, 2.75) is 42.9 Å². The highest BCUT2D eigenvalue weighted by molar-refractivity contribution is 8.00. The summed E-state index contributed by atoms with van der Waals surface area (Å²) in [7, 11) is 0. The third-order valence-electron chi connectivity index (χ3n) is 5.26. The standard InChI is InChI=1S/C20H19N3OS2/c1-12(20(24)23-10-9-13-5-2-3-7-15(13)23)25-18-17-14-6-4-8-16(14)26-19(17)22-11-21-18/h2-3,5,7,11-12H,4,6,8-10H2,1H3/t12-/m1/s1. The molecule has 4 nitrogen and oxygen atoms in total. The van der Waals surface area contributed by atoms with E-state index in [1.54, 1.807) is 29.4 Å². The van der Waals surface area contributed by atoms with Crippen LogP contribution in [0.1, 0.15) is 29.3 Å². The number of hydrogen-bond acceptors (Lipinski definition) is 5. The minimum atomic E-state index is -0.170. The zero-order valence-electron chi connectivity index (χ0n) is 14.6. The molecule has 0 unspecified atom stereocenters. The van der Waals surface area contributed by atoms with Crippen LogP contribution in [0, 0.1) is 0 Å². The van der Waals surface area contributed by atoms with E-state index in [4.69, 9.17) is 0 Å². The molecule has 0 fully saturated rings. The molecule has 6 heteroatoms. The third-order valence-corrected chi connectivity index (χ3v) is 7.54. The van der Waals surface area contributed by atoms with E-state index in [-0.39, 0.29) is 11.2 Å². The van der Waals surface area contributed by atoms with E-state index in [0.717, 1.165) is 41.4 Å². The number of nitrogens with zero attached hydrogens (tertiary/aromatic N) is 3. The average molecular weight is 382 g/mol. The van der Waals surface area contributed by atoms with Gasteiger partial charge in [0, 0.05) is 22.5 Å². The molecule has 5 rings (SSSR count). The molecule has 1 aromatic carbocycles. The lowest BCUT2D eigenvalue weighted by Gasteiger charge is -2.21. The van der Waals surface area contributed by atoms with Gasteiger partial charge in [-0.05, 0) is 49.8 Å². The van der Waals surface area contributed by atoms with Crippen LogP contribution in [0.2, 0.25) is 0 Å². The first-order valence-electron chi connectivity index (χ1n) is 9.03. The molecule has 0 bridgehead atoms. The Balaban J connectivity index is 1.44. The molecular weight excluding hydrogens is 362 g/mol. The Morgan fingerprint density at radius 2 is 2.12 bits per heavy atom. The maximum absolute atomic E-state index is 13.1. The molecule has 132 valence electrons. The number of benzene rings is 1. The molecule has 3 heterocycles. The predicted octanol–water partition coefficient (Wildman–Crippen LogP) is 4.25. The first-order valence-corrected chi connectivity index (χ1v) is 10.7. The van der Waals surface area contributed by atoms with Crippen LogP contribution in [-0.4, -0.2) is 27.7 Å². The lowest BCUT2D eigenvalue weighted by molar-refractivity contribution is -0.117. The smallest absolute Gasteiger partial charge is 0.240 e. The molecule has 1 amide bonds. The Morgan fingerprint density at radius 3 is 3.04 bits per heavy atom. The van der Waals surface area contributed by atoms with E-state index in [9.17, 15) is 4.79 Å². The highest BCUT2D eigenvalue weighted by Gasteiger charge is 2.30. The lowest BCUT2D eigenvalue weighted by atomic mass is 10.2. The molecule has 0 saturated carbocycles. The number of rotatable bonds is 3. The highest BCUT2D eigenvalue weighted by atomic mass is 32.2. The molecule has 1 aliphatic heterocycles. The van der Waals surface area contributed by atoms with Crippen LogP contribution < -0.4 is 4.90 Å². The molecular formula is C20H19N3OS2. The quantitative estimate of drug-likeness (QED) is 0.503. The van der Waals surface area contributed by atoms with Gasteiger partial charge in [-0.2, -0.15) is 0 Å². The number of thiophene rings is 1. The number of carbonyl (C=O) groups excluding carboxylic acids is 1. The van der Waals surface area contributed by atoms with Gasteiger partial charge in [-0.15, -0.1) is 11.3 Å². The van der Waals surface area contributed by atoms with Gasteiger partial charge in [-0.3, -0.25) is 4.79 Å². The number of amides is 1. The van der Waals surface area contributed by atoms with Crippen molar-refractivity contribution in [1.29, 1.82) is 0 Å². The normalized spacial score (nSPS) is 16.7.